The third kappa shape index (κ3) is 4.51. The van der Waals surface area contributed by atoms with Crippen LogP contribution in [0.4, 0.5) is 4.39 Å². The first-order valence-corrected chi connectivity index (χ1v) is 8.17. The van der Waals surface area contributed by atoms with Crippen molar-refractivity contribution >= 4 is 5.91 Å². The van der Waals surface area contributed by atoms with Gasteiger partial charge in [-0.1, -0.05) is 24.3 Å². The number of benzene rings is 2. The predicted molar refractivity (Wildman–Crippen MR) is 96.7 cm³/mol. The highest BCUT2D eigenvalue weighted by molar-refractivity contribution is 5.94. The lowest BCUT2D eigenvalue weighted by Gasteiger charge is -2.14. The van der Waals surface area contributed by atoms with E-state index in [1.54, 1.807) is 24.5 Å². The molecule has 0 fully saturated rings. The van der Waals surface area contributed by atoms with Crippen molar-refractivity contribution in [3.05, 3.63) is 90.0 Å². The second-order valence-electron chi connectivity index (χ2n) is 6.02. The summed E-state index contributed by atoms with van der Waals surface area (Å²) in [6.45, 7) is 1.94. The minimum absolute atomic E-state index is 0.0437. The van der Waals surface area contributed by atoms with Crippen molar-refractivity contribution < 1.29 is 9.18 Å². The van der Waals surface area contributed by atoms with Gasteiger partial charge in [0.1, 0.15) is 5.82 Å². The number of carbonyl (C=O) groups is 1. The number of hydrogen-bond donors (Lipinski definition) is 1. The van der Waals surface area contributed by atoms with Crippen LogP contribution in [0.1, 0.15) is 22.8 Å². The normalized spacial score (nSPS) is 11.8. The highest BCUT2D eigenvalue weighted by Gasteiger charge is 2.10. The van der Waals surface area contributed by atoms with Crippen LogP contribution in [0.5, 0.6) is 0 Å². The van der Waals surface area contributed by atoms with E-state index in [4.69, 9.17) is 0 Å². The molecule has 3 nitrogen and oxygen atoms in total. The van der Waals surface area contributed by atoms with Gasteiger partial charge in [-0.2, -0.15) is 0 Å². The molecule has 1 heterocycles. The first-order valence-electron chi connectivity index (χ1n) is 8.17. The summed E-state index contributed by atoms with van der Waals surface area (Å²) in [5, 5.41) is 2.98. The summed E-state index contributed by atoms with van der Waals surface area (Å²) in [7, 11) is 0. The maximum absolute atomic E-state index is 12.9. The number of amides is 1. The van der Waals surface area contributed by atoms with Crippen LogP contribution >= 0.6 is 0 Å². The van der Waals surface area contributed by atoms with Crippen molar-refractivity contribution in [3.63, 3.8) is 0 Å². The van der Waals surface area contributed by atoms with Gasteiger partial charge in [-0.25, -0.2) is 4.39 Å². The Kier molecular flexibility index (Phi) is 5.19. The smallest absolute Gasteiger partial charge is 0.251 e. The van der Waals surface area contributed by atoms with Crippen LogP contribution in [0, 0.1) is 5.82 Å². The molecule has 3 rings (SSSR count). The number of nitrogens with one attached hydrogen (secondary N) is 1. The molecule has 0 aliphatic heterocycles. The van der Waals surface area contributed by atoms with E-state index >= 15 is 0 Å². The Morgan fingerprint density at radius 2 is 1.56 bits per heavy atom. The molecule has 0 spiro atoms. The van der Waals surface area contributed by atoms with E-state index in [9.17, 15) is 9.18 Å². The minimum atomic E-state index is -0.255. The Morgan fingerprint density at radius 3 is 2.20 bits per heavy atom. The van der Waals surface area contributed by atoms with E-state index < -0.39 is 0 Å². The second-order valence-corrected chi connectivity index (χ2v) is 6.02. The standard InChI is InChI=1S/C21H19FN2O/c1-15(14-16-2-8-20(22)9-3-16)24-21(25)19-6-4-17(5-7-19)18-10-12-23-13-11-18/h2-13,15H,14H2,1H3,(H,24,25). The number of halogens is 1. The zero-order chi connectivity index (χ0) is 17.6. The molecule has 0 aliphatic carbocycles. The Bertz CT molecular complexity index is 830. The molecule has 1 unspecified atom stereocenters. The molecule has 0 saturated carbocycles. The number of pyridine rings is 1. The van der Waals surface area contributed by atoms with Crippen molar-refractivity contribution in [2.75, 3.05) is 0 Å². The lowest BCUT2D eigenvalue weighted by Crippen LogP contribution is -2.34. The van der Waals surface area contributed by atoms with E-state index in [2.05, 4.69) is 10.3 Å². The van der Waals surface area contributed by atoms with Crippen molar-refractivity contribution in [3.8, 4) is 11.1 Å². The van der Waals surface area contributed by atoms with Gasteiger partial charge in [0.25, 0.3) is 5.91 Å². The van der Waals surface area contributed by atoms with Gasteiger partial charge in [0.05, 0.1) is 0 Å². The van der Waals surface area contributed by atoms with Crippen molar-refractivity contribution in [2.24, 2.45) is 0 Å². The highest BCUT2D eigenvalue weighted by atomic mass is 19.1. The number of hydrogen-bond acceptors (Lipinski definition) is 2. The lowest BCUT2D eigenvalue weighted by molar-refractivity contribution is 0.0940. The van der Waals surface area contributed by atoms with E-state index in [-0.39, 0.29) is 17.8 Å². The molecule has 0 aliphatic rings. The fourth-order valence-electron chi connectivity index (χ4n) is 2.69. The molecule has 0 saturated heterocycles. The molecule has 4 heteroatoms. The van der Waals surface area contributed by atoms with Crippen LogP contribution in [0.15, 0.2) is 73.1 Å². The SMILES string of the molecule is CC(Cc1ccc(F)cc1)NC(=O)c1ccc(-c2ccncc2)cc1. The maximum atomic E-state index is 12.9. The monoisotopic (exact) mass is 334 g/mol. The molecule has 1 N–H and O–H groups in total. The lowest BCUT2D eigenvalue weighted by atomic mass is 10.0. The van der Waals surface area contributed by atoms with Gasteiger partial charge in [-0.15, -0.1) is 0 Å². The van der Waals surface area contributed by atoms with E-state index in [1.165, 1.54) is 12.1 Å². The average Bonchev–Trinajstić information content (AvgIpc) is 2.64. The molecular formula is C21H19FN2O. The minimum Gasteiger partial charge on any atom is -0.349 e. The maximum Gasteiger partial charge on any atom is 0.251 e. The first kappa shape index (κ1) is 16.8. The van der Waals surface area contributed by atoms with Crippen LogP contribution in [-0.2, 0) is 6.42 Å². The summed E-state index contributed by atoms with van der Waals surface area (Å²) < 4.78 is 12.9. The third-order valence-electron chi connectivity index (χ3n) is 3.99. The van der Waals surface area contributed by atoms with Crippen LogP contribution < -0.4 is 5.32 Å². The molecule has 1 amide bonds. The fraction of sp³-hybridized carbons (Fsp3) is 0.143. The molecule has 3 aromatic rings. The molecule has 0 bridgehead atoms. The summed E-state index contributed by atoms with van der Waals surface area (Å²) in [4.78, 5) is 16.4. The summed E-state index contributed by atoms with van der Waals surface area (Å²) in [6, 6.07) is 17.6. The van der Waals surface area contributed by atoms with Gasteiger partial charge in [-0.05, 0) is 66.4 Å². The topological polar surface area (TPSA) is 42.0 Å². The van der Waals surface area contributed by atoms with Crippen LogP contribution in [0.2, 0.25) is 0 Å². The largest absolute Gasteiger partial charge is 0.349 e. The Labute approximate surface area is 146 Å². The Morgan fingerprint density at radius 1 is 0.960 bits per heavy atom. The number of aromatic nitrogens is 1. The van der Waals surface area contributed by atoms with Gasteiger partial charge in [0.2, 0.25) is 0 Å². The molecule has 0 radical (unpaired) electrons. The van der Waals surface area contributed by atoms with Gasteiger partial charge in [0.15, 0.2) is 0 Å². The average molecular weight is 334 g/mol. The molecule has 2 aromatic carbocycles. The summed E-state index contributed by atoms with van der Waals surface area (Å²) >= 11 is 0. The molecule has 126 valence electrons. The number of carbonyl (C=O) groups excluding carboxylic acids is 1. The Hall–Kier alpha value is -3.01. The van der Waals surface area contributed by atoms with Gasteiger partial charge in [-0.3, -0.25) is 9.78 Å². The molecule has 1 atom stereocenters. The van der Waals surface area contributed by atoms with Gasteiger partial charge in [0, 0.05) is 24.0 Å². The van der Waals surface area contributed by atoms with E-state index in [1.807, 2.05) is 43.3 Å². The van der Waals surface area contributed by atoms with Crippen molar-refractivity contribution in [2.45, 2.75) is 19.4 Å². The predicted octanol–water partition coefficient (Wildman–Crippen LogP) is 4.25. The van der Waals surface area contributed by atoms with E-state index in [0.29, 0.717) is 12.0 Å². The fourth-order valence-corrected chi connectivity index (χ4v) is 2.69. The van der Waals surface area contributed by atoms with E-state index in [0.717, 1.165) is 16.7 Å². The van der Waals surface area contributed by atoms with Crippen LogP contribution in [-0.4, -0.2) is 16.9 Å². The third-order valence-corrected chi connectivity index (χ3v) is 3.99. The highest BCUT2D eigenvalue weighted by Crippen LogP contribution is 2.18. The Balaban J connectivity index is 1.61. The molecular weight excluding hydrogens is 315 g/mol. The van der Waals surface area contributed by atoms with Gasteiger partial charge >= 0.3 is 0 Å². The van der Waals surface area contributed by atoms with Crippen molar-refractivity contribution in [1.29, 1.82) is 0 Å². The quantitative estimate of drug-likeness (QED) is 0.758. The first-order chi connectivity index (χ1) is 12.1. The number of nitrogens with zero attached hydrogens (tertiary/aromatic N) is 1. The summed E-state index contributed by atoms with van der Waals surface area (Å²) in [5.41, 5.74) is 3.70. The van der Waals surface area contributed by atoms with Crippen molar-refractivity contribution in [1.82, 2.24) is 10.3 Å². The zero-order valence-corrected chi connectivity index (χ0v) is 13.9. The summed E-state index contributed by atoms with van der Waals surface area (Å²) in [6.07, 6.45) is 4.14. The van der Waals surface area contributed by atoms with Crippen LogP contribution in [0.3, 0.4) is 0 Å². The van der Waals surface area contributed by atoms with Gasteiger partial charge < -0.3 is 5.32 Å². The molecule has 25 heavy (non-hydrogen) atoms. The molecule has 1 aromatic heterocycles. The van der Waals surface area contributed by atoms with Crippen LogP contribution in [0.25, 0.3) is 11.1 Å². The summed E-state index contributed by atoms with van der Waals surface area (Å²) in [5.74, 6) is -0.370. The number of rotatable bonds is 5. The zero-order valence-electron chi connectivity index (χ0n) is 13.9. The second kappa shape index (κ2) is 7.71.